The number of aromatic nitrogens is 4. The maximum atomic E-state index is 4.98. The van der Waals surface area contributed by atoms with Crippen LogP contribution in [0.15, 0.2) is 84.9 Å². The number of aromatic amines is 2. The third kappa shape index (κ3) is 2.28. The molecule has 30 heavy (non-hydrogen) atoms. The van der Waals surface area contributed by atoms with Gasteiger partial charge >= 0.3 is 0 Å². The molecule has 0 radical (unpaired) electrons. The number of benzene rings is 2. The highest BCUT2D eigenvalue weighted by molar-refractivity contribution is 6.06. The van der Waals surface area contributed by atoms with Crippen molar-refractivity contribution in [3.63, 3.8) is 0 Å². The van der Waals surface area contributed by atoms with Crippen LogP contribution in [-0.2, 0) is 0 Å². The van der Waals surface area contributed by atoms with Gasteiger partial charge in [-0.25, -0.2) is 9.97 Å². The number of pyridine rings is 4. The van der Waals surface area contributed by atoms with Crippen molar-refractivity contribution >= 4 is 65.7 Å². The molecule has 0 aliphatic carbocycles. The molecule has 7 rings (SSSR count). The molecule has 0 amide bonds. The van der Waals surface area contributed by atoms with Crippen LogP contribution in [0.1, 0.15) is 0 Å². The summed E-state index contributed by atoms with van der Waals surface area (Å²) < 4.78 is 0. The Morgan fingerprint density at radius 3 is 1.33 bits per heavy atom. The average Bonchev–Trinajstić information content (AvgIpc) is 2.78. The van der Waals surface area contributed by atoms with E-state index in [-0.39, 0.29) is 0 Å². The van der Waals surface area contributed by atoms with Crippen LogP contribution in [0.3, 0.4) is 0 Å². The molecule has 2 aromatic carbocycles. The van der Waals surface area contributed by atoms with Crippen LogP contribution in [0.2, 0.25) is 0 Å². The first-order chi connectivity index (χ1) is 14.8. The SMILES string of the molecule is c1cc2ccc3ccc4cc5ccc6ccc7ccc(cc1nc2c3[nH]4)[nH]c7c6n5. The predicted octanol–water partition coefficient (Wildman–Crippen LogP) is 6.61. The van der Waals surface area contributed by atoms with Crippen LogP contribution in [-0.4, -0.2) is 19.9 Å². The second-order valence-electron chi connectivity index (χ2n) is 7.79. The van der Waals surface area contributed by atoms with Gasteiger partial charge in [0.05, 0.1) is 33.1 Å². The second kappa shape index (κ2) is 5.67. The molecular formula is C26H16N4. The van der Waals surface area contributed by atoms with Crippen LogP contribution >= 0.6 is 0 Å². The molecule has 0 fully saturated rings. The van der Waals surface area contributed by atoms with E-state index >= 15 is 0 Å². The van der Waals surface area contributed by atoms with Gasteiger partial charge in [-0.1, -0.05) is 48.5 Å². The Hall–Kier alpha value is -4.18. The van der Waals surface area contributed by atoms with E-state index < -0.39 is 0 Å². The van der Waals surface area contributed by atoms with Crippen LogP contribution in [0.25, 0.3) is 65.7 Å². The van der Waals surface area contributed by atoms with Gasteiger partial charge in [-0.15, -0.1) is 0 Å². The van der Waals surface area contributed by atoms with Gasteiger partial charge in [0.25, 0.3) is 0 Å². The smallest absolute Gasteiger partial charge is 0.0950 e. The Bertz CT molecular complexity index is 1540. The molecule has 2 N–H and O–H groups in total. The molecule has 5 aromatic heterocycles. The standard InChI is InChI=1S/C26H16N4/c1-2-16-6-10-20-14-22-12-8-18-4-3-17-7-11-21(29-25(17)26(18)30-22)13-19-9-5-15(1)23(27-19)24(16)28-20/h1-14,27,30H. The van der Waals surface area contributed by atoms with E-state index in [1.54, 1.807) is 0 Å². The number of fused-ring (bicyclic) bond motifs is 4. The normalized spacial score (nSPS) is 12.0. The lowest BCUT2D eigenvalue weighted by molar-refractivity contribution is 1.42. The zero-order chi connectivity index (χ0) is 19.7. The highest BCUT2D eigenvalue weighted by Crippen LogP contribution is 2.26. The summed E-state index contributed by atoms with van der Waals surface area (Å²) in [4.78, 5) is 17.1. The molecule has 0 saturated heterocycles. The number of hydrogen-bond donors (Lipinski definition) is 2. The number of H-pyrrole nitrogens is 2. The number of nitrogens with one attached hydrogen (secondary N) is 2. The van der Waals surface area contributed by atoms with Gasteiger partial charge in [0.2, 0.25) is 0 Å². The Kier molecular flexibility index (Phi) is 2.97. The molecule has 140 valence electrons. The zero-order valence-electron chi connectivity index (χ0n) is 16.0. The largest absolute Gasteiger partial charge is 0.353 e. The Morgan fingerprint density at radius 1 is 0.433 bits per heavy atom. The lowest BCUT2D eigenvalue weighted by Gasteiger charge is -2.07. The van der Waals surface area contributed by atoms with E-state index in [0.29, 0.717) is 0 Å². The predicted molar refractivity (Wildman–Crippen MR) is 125 cm³/mol. The van der Waals surface area contributed by atoms with E-state index in [0.717, 1.165) is 65.7 Å². The fraction of sp³-hybridized carbons (Fsp3) is 0. The monoisotopic (exact) mass is 384 g/mol. The summed E-state index contributed by atoms with van der Waals surface area (Å²) in [5.41, 5.74) is 7.85. The molecule has 5 heterocycles. The van der Waals surface area contributed by atoms with E-state index in [1.807, 2.05) is 0 Å². The summed E-state index contributed by atoms with van der Waals surface area (Å²) in [6.07, 6.45) is 0. The van der Waals surface area contributed by atoms with Gasteiger partial charge in [-0.3, -0.25) is 0 Å². The van der Waals surface area contributed by atoms with Crippen LogP contribution < -0.4 is 0 Å². The third-order valence-electron chi connectivity index (χ3n) is 5.86. The van der Waals surface area contributed by atoms with Crippen molar-refractivity contribution in [2.75, 3.05) is 0 Å². The van der Waals surface area contributed by atoms with Crippen molar-refractivity contribution in [3.05, 3.63) is 84.9 Å². The summed E-state index contributed by atoms with van der Waals surface area (Å²) >= 11 is 0. The van der Waals surface area contributed by atoms with Crippen molar-refractivity contribution in [3.8, 4) is 0 Å². The molecule has 8 bridgehead atoms. The molecule has 0 spiro atoms. The summed E-state index contributed by atoms with van der Waals surface area (Å²) in [7, 11) is 0. The van der Waals surface area contributed by atoms with E-state index in [4.69, 9.17) is 9.97 Å². The fourth-order valence-electron chi connectivity index (χ4n) is 4.36. The molecule has 0 aliphatic heterocycles. The Morgan fingerprint density at radius 2 is 0.833 bits per heavy atom. The molecule has 0 unspecified atom stereocenters. The van der Waals surface area contributed by atoms with Crippen LogP contribution in [0, 0.1) is 0 Å². The van der Waals surface area contributed by atoms with Gasteiger partial charge in [0.15, 0.2) is 0 Å². The van der Waals surface area contributed by atoms with Crippen LogP contribution in [0.4, 0.5) is 0 Å². The zero-order valence-corrected chi connectivity index (χ0v) is 16.0. The molecule has 4 nitrogen and oxygen atoms in total. The van der Waals surface area contributed by atoms with Crippen LogP contribution in [0.5, 0.6) is 0 Å². The molecule has 4 heteroatoms. The molecule has 0 atom stereocenters. The lowest BCUT2D eigenvalue weighted by Crippen LogP contribution is -1.88. The van der Waals surface area contributed by atoms with Crippen molar-refractivity contribution < 1.29 is 0 Å². The van der Waals surface area contributed by atoms with Gasteiger partial charge in [-0.05, 0) is 36.4 Å². The van der Waals surface area contributed by atoms with Gasteiger partial charge < -0.3 is 9.97 Å². The van der Waals surface area contributed by atoms with Gasteiger partial charge in [0.1, 0.15) is 0 Å². The summed E-state index contributed by atoms with van der Waals surface area (Å²) in [6, 6.07) is 29.5. The van der Waals surface area contributed by atoms with Crippen molar-refractivity contribution in [1.82, 2.24) is 19.9 Å². The lowest BCUT2D eigenvalue weighted by atomic mass is 10.1. The van der Waals surface area contributed by atoms with Crippen molar-refractivity contribution in [2.45, 2.75) is 0 Å². The first-order valence-corrected chi connectivity index (χ1v) is 10.0. The molecule has 0 saturated carbocycles. The van der Waals surface area contributed by atoms with E-state index in [9.17, 15) is 0 Å². The van der Waals surface area contributed by atoms with E-state index in [1.165, 1.54) is 0 Å². The fourth-order valence-corrected chi connectivity index (χ4v) is 4.36. The number of hydrogen-bond acceptors (Lipinski definition) is 2. The molecular weight excluding hydrogens is 368 g/mol. The summed E-state index contributed by atoms with van der Waals surface area (Å²) in [5.74, 6) is 0. The maximum Gasteiger partial charge on any atom is 0.0950 e. The first-order valence-electron chi connectivity index (χ1n) is 10.0. The van der Waals surface area contributed by atoms with E-state index in [2.05, 4.69) is 94.9 Å². The van der Waals surface area contributed by atoms with Crippen molar-refractivity contribution in [2.24, 2.45) is 0 Å². The summed E-state index contributed by atoms with van der Waals surface area (Å²) in [5, 5.41) is 4.50. The number of rotatable bonds is 0. The van der Waals surface area contributed by atoms with Gasteiger partial charge in [0, 0.05) is 32.6 Å². The third-order valence-corrected chi connectivity index (χ3v) is 5.86. The minimum atomic E-state index is 0.916. The minimum Gasteiger partial charge on any atom is -0.353 e. The Balaban J connectivity index is 1.78. The highest BCUT2D eigenvalue weighted by Gasteiger charge is 2.05. The first kappa shape index (κ1) is 15.7. The number of nitrogens with zero attached hydrogens (tertiary/aromatic N) is 2. The minimum absolute atomic E-state index is 0.916. The average molecular weight is 384 g/mol. The molecule has 0 aliphatic rings. The van der Waals surface area contributed by atoms with Crippen molar-refractivity contribution in [1.29, 1.82) is 0 Å². The quantitative estimate of drug-likeness (QED) is 0.289. The Labute approximate surface area is 170 Å². The maximum absolute atomic E-state index is 4.98. The molecule has 7 aromatic rings. The summed E-state index contributed by atoms with van der Waals surface area (Å²) in [6.45, 7) is 0. The van der Waals surface area contributed by atoms with Gasteiger partial charge in [-0.2, -0.15) is 0 Å². The topological polar surface area (TPSA) is 57.4 Å². The highest BCUT2D eigenvalue weighted by atomic mass is 14.8. The second-order valence-corrected chi connectivity index (χ2v) is 7.79.